The minimum absolute atomic E-state index is 0.143. The van der Waals surface area contributed by atoms with Gasteiger partial charge in [0.15, 0.2) is 11.8 Å². The fourth-order valence-corrected chi connectivity index (χ4v) is 2.05. The molecule has 18 heavy (non-hydrogen) atoms. The van der Waals surface area contributed by atoms with Gasteiger partial charge < -0.3 is 10.3 Å². The van der Waals surface area contributed by atoms with Crippen LogP contribution in [-0.4, -0.2) is 38.9 Å². The van der Waals surface area contributed by atoms with Gasteiger partial charge in [-0.1, -0.05) is 11.8 Å². The SMILES string of the molecule is NC(=O)CONC(=O)CSc1nncn1C1CC1. The van der Waals surface area contributed by atoms with E-state index in [0.717, 1.165) is 12.8 Å². The second-order valence-electron chi connectivity index (χ2n) is 3.82. The van der Waals surface area contributed by atoms with Gasteiger partial charge in [-0.25, -0.2) is 5.48 Å². The van der Waals surface area contributed by atoms with Crippen LogP contribution in [0.4, 0.5) is 0 Å². The molecule has 9 heteroatoms. The summed E-state index contributed by atoms with van der Waals surface area (Å²) in [5.74, 6) is -0.854. The van der Waals surface area contributed by atoms with Crippen LogP contribution in [0.5, 0.6) is 0 Å². The fraction of sp³-hybridized carbons (Fsp3) is 0.556. The lowest BCUT2D eigenvalue weighted by Crippen LogP contribution is -2.30. The van der Waals surface area contributed by atoms with Crippen LogP contribution in [0.15, 0.2) is 11.5 Å². The molecule has 3 N–H and O–H groups in total. The first-order valence-corrected chi connectivity index (χ1v) is 6.36. The Morgan fingerprint density at radius 2 is 2.39 bits per heavy atom. The van der Waals surface area contributed by atoms with E-state index >= 15 is 0 Å². The van der Waals surface area contributed by atoms with Gasteiger partial charge in [-0.3, -0.25) is 14.4 Å². The molecule has 1 aromatic rings. The molecular formula is C9H13N5O3S. The van der Waals surface area contributed by atoms with Gasteiger partial charge in [0.05, 0.1) is 5.75 Å². The number of carbonyl (C=O) groups is 2. The highest BCUT2D eigenvalue weighted by Gasteiger charge is 2.26. The molecule has 0 bridgehead atoms. The Morgan fingerprint density at radius 3 is 3.06 bits per heavy atom. The van der Waals surface area contributed by atoms with E-state index in [9.17, 15) is 9.59 Å². The molecule has 1 aromatic heterocycles. The molecule has 1 saturated carbocycles. The molecule has 0 aromatic carbocycles. The molecule has 2 rings (SSSR count). The minimum Gasteiger partial charge on any atom is -0.368 e. The monoisotopic (exact) mass is 271 g/mol. The van der Waals surface area contributed by atoms with E-state index in [2.05, 4.69) is 20.5 Å². The van der Waals surface area contributed by atoms with E-state index in [4.69, 9.17) is 5.73 Å². The van der Waals surface area contributed by atoms with Crippen molar-refractivity contribution in [3.8, 4) is 0 Å². The molecule has 0 spiro atoms. The summed E-state index contributed by atoms with van der Waals surface area (Å²) >= 11 is 1.27. The first-order valence-electron chi connectivity index (χ1n) is 5.38. The van der Waals surface area contributed by atoms with Crippen LogP contribution in [0.3, 0.4) is 0 Å². The molecule has 0 atom stereocenters. The number of nitrogens with two attached hydrogens (primary N) is 1. The summed E-state index contributed by atoms with van der Waals surface area (Å²) in [6, 6.07) is 0.469. The van der Waals surface area contributed by atoms with Crippen molar-refractivity contribution in [1.82, 2.24) is 20.2 Å². The standard InChI is InChI=1S/C9H13N5O3S/c10-7(15)3-17-13-8(16)4-18-9-12-11-5-14(9)6-1-2-6/h5-6H,1-4H2,(H2,10,15)(H,13,16). The second kappa shape index (κ2) is 5.83. The van der Waals surface area contributed by atoms with Crippen molar-refractivity contribution in [2.24, 2.45) is 5.73 Å². The van der Waals surface area contributed by atoms with Crippen molar-refractivity contribution in [3.63, 3.8) is 0 Å². The van der Waals surface area contributed by atoms with Gasteiger partial charge >= 0.3 is 0 Å². The molecule has 0 radical (unpaired) electrons. The minimum atomic E-state index is -0.642. The number of hydrogen-bond donors (Lipinski definition) is 2. The Morgan fingerprint density at radius 1 is 1.61 bits per heavy atom. The maximum absolute atomic E-state index is 11.4. The van der Waals surface area contributed by atoms with E-state index in [1.807, 2.05) is 4.57 Å². The average Bonchev–Trinajstić information content (AvgIpc) is 3.05. The molecule has 0 saturated heterocycles. The number of amides is 2. The lowest BCUT2D eigenvalue weighted by atomic mass is 10.7. The fourth-order valence-electron chi connectivity index (χ4n) is 1.29. The van der Waals surface area contributed by atoms with E-state index in [1.54, 1.807) is 6.33 Å². The van der Waals surface area contributed by atoms with E-state index < -0.39 is 5.91 Å². The summed E-state index contributed by atoms with van der Waals surface area (Å²) in [7, 11) is 0. The quantitative estimate of drug-likeness (QED) is 0.498. The lowest BCUT2D eigenvalue weighted by molar-refractivity contribution is -0.135. The first-order chi connectivity index (χ1) is 8.66. The van der Waals surface area contributed by atoms with Crippen molar-refractivity contribution < 1.29 is 14.4 Å². The van der Waals surface area contributed by atoms with Crippen molar-refractivity contribution in [2.45, 2.75) is 24.0 Å². The second-order valence-corrected chi connectivity index (χ2v) is 4.76. The maximum Gasteiger partial charge on any atom is 0.254 e. The molecule has 0 aliphatic heterocycles. The molecule has 8 nitrogen and oxygen atoms in total. The van der Waals surface area contributed by atoms with Gasteiger partial charge in [0.25, 0.3) is 5.91 Å². The Balaban J connectivity index is 1.71. The summed E-state index contributed by atoms with van der Waals surface area (Å²) in [4.78, 5) is 26.3. The first kappa shape index (κ1) is 12.8. The Kier molecular flexibility index (Phi) is 4.15. The number of primary amides is 1. The number of thioether (sulfide) groups is 1. The average molecular weight is 271 g/mol. The topological polar surface area (TPSA) is 112 Å². The van der Waals surface area contributed by atoms with Crippen molar-refractivity contribution >= 4 is 23.6 Å². The third-order valence-electron chi connectivity index (χ3n) is 2.21. The zero-order valence-electron chi connectivity index (χ0n) is 9.54. The summed E-state index contributed by atoms with van der Waals surface area (Å²) in [5.41, 5.74) is 6.97. The number of hydroxylamine groups is 1. The highest BCUT2D eigenvalue weighted by Crippen LogP contribution is 2.37. The number of aromatic nitrogens is 3. The number of carbonyl (C=O) groups excluding carboxylic acids is 2. The predicted octanol–water partition coefficient (Wildman–Crippen LogP) is -0.762. The molecule has 1 aliphatic rings. The van der Waals surface area contributed by atoms with E-state index in [0.29, 0.717) is 11.2 Å². The van der Waals surface area contributed by atoms with Crippen molar-refractivity contribution in [1.29, 1.82) is 0 Å². The number of hydrogen-bond acceptors (Lipinski definition) is 6. The van der Waals surface area contributed by atoms with Gasteiger partial charge in [-0.05, 0) is 12.8 Å². The lowest BCUT2D eigenvalue weighted by Gasteiger charge is -2.05. The Labute approximate surface area is 107 Å². The smallest absolute Gasteiger partial charge is 0.254 e. The largest absolute Gasteiger partial charge is 0.368 e. The van der Waals surface area contributed by atoms with Crippen LogP contribution in [-0.2, 0) is 14.4 Å². The number of nitrogens with zero attached hydrogens (tertiary/aromatic N) is 3. The maximum atomic E-state index is 11.4. The van der Waals surface area contributed by atoms with Crippen LogP contribution < -0.4 is 11.2 Å². The molecule has 98 valence electrons. The van der Waals surface area contributed by atoms with Crippen LogP contribution in [0.2, 0.25) is 0 Å². The van der Waals surface area contributed by atoms with Crippen molar-refractivity contribution in [2.75, 3.05) is 12.4 Å². The van der Waals surface area contributed by atoms with Crippen molar-refractivity contribution in [3.05, 3.63) is 6.33 Å². The zero-order valence-corrected chi connectivity index (χ0v) is 10.4. The highest BCUT2D eigenvalue weighted by molar-refractivity contribution is 7.99. The van der Waals surface area contributed by atoms with Gasteiger partial charge in [-0.2, -0.15) is 0 Å². The Hall–Kier alpha value is -1.61. The highest BCUT2D eigenvalue weighted by atomic mass is 32.2. The van der Waals surface area contributed by atoms with Gasteiger partial charge in [0.1, 0.15) is 6.33 Å². The van der Waals surface area contributed by atoms with Gasteiger partial charge in [0.2, 0.25) is 5.91 Å². The Bertz CT molecular complexity index is 445. The summed E-state index contributed by atoms with van der Waals surface area (Å²) in [6.07, 6.45) is 3.92. The van der Waals surface area contributed by atoms with Crippen LogP contribution in [0, 0.1) is 0 Å². The third kappa shape index (κ3) is 3.70. The number of nitrogens with one attached hydrogen (secondary N) is 1. The summed E-state index contributed by atoms with van der Waals surface area (Å²) in [6.45, 7) is -0.339. The normalized spacial score (nSPS) is 14.4. The van der Waals surface area contributed by atoms with Crippen LogP contribution in [0.1, 0.15) is 18.9 Å². The van der Waals surface area contributed by atoms with Gasteiger partial charge in [-0.15, -0.1) is 10.2 Å². The zero-order chi connectivity index (χ0) is 13.0. The molecule has 1 aliphatic carbocycles. The van der Waals surface area contributed by atoms with Crippen LogP contribution in [0.25, 0.3) is 0 Å². The molecule has 1 fully saturated rings. The van der Waals surface area contributed by atoms with E-state index in [1.165, 1.54) is 11.8 Å². The molecular weight excluding hydrogens is 258 g/mol. The summed E-state index contributed by atoms with van der Waals surface area (Å²) < 4.78 is 1.96. The predicted molar refractivity (Wildman–Crippen MR) is 62.3 cm³/mol. The molecule has 2 amide bonds. The molecule has 1 heterocycles. The number of rotatable bonds is 7. The van der Waals surface area contributed by atoms with Gasteiger partial charge in [0, 0.05) is 6.04 Å². The summed E-state index contributed by atoms with van der Waals surface area (Å²) in [5, 5.41) is 8.46. The van der Waals surface area contributed by atoms with Crippen LogP contribution >= 0.6 is 11.8 Å². The van der Waals surface area contributed by atoms with E-state index in [-0.39, 0.29) is 18.3 Å². The molecule has 0 unspecified atom stereocenters. The third-order valence-corrected chi connectivity index (χ3v) is 3.17.